The highest BCUT2D eigenvalue weighted by atomic mass is 16.3. The highest BCUT2D eigenvalue weighted by molar-refractivity contribution is 6.43. The van der Waals surface area contributed by atoms with E-state index in [9.17, 15) is 14.7 Å². The quantitative estimate of drug-likeness (QED) is 0.577. The summed E-state index contributed by atoms with van der Waals surface area (Å²) < 4.78 is 0. The summed E-state index contributed by atoms with van der Waals surface area (Å²) >= 11 is 0. The van der Waals surface area contributed by atoms with Gasteiger partial charge in [-0.3, -0.25) is 9.59 Å². The van der Waals surface area contributed by atoms with Gasteiger partial charge in [-0.2, -0.15) is 5.26 Å². The second-order valence-corrected chi connectivity index (χ2v) is 4.11. The van der Waals surface area contributed by atoms with Crippen LogP contribution in [0.3, 0.4) is 0 Å². The van der Waals surface area contributed by atoms with Crippen LogP contribution >= 0.6 is 0 Å². The van der Waals surface area contributed by atoms with Gasteiger partial charge in [0.2, 0.25) is 0 Å². The van der Waals surface area contributed by atoms with Crippen LogP contribution in [0.15, 0.2) is 48.5 Å². The molecule has 0 saturated carbocycles. The molecule has 0 fully saturated rings. The number of amides is 2. The van der Waals surface area contributed by atoms with Gasteiger partial charge in [0.15, 0.2) is 0 Å². The van der Waals surface area contributed by atoms with Gasteiger partial charge in [0.25, 0.3) is 0 Å². The number of phenols is 1. The van der Waals surface area contributed by atoms with Gasteiger partial charge in [0.05, 0.1) is 17.3 Å². The summed E-state index contributed by atoms with van der Waals surface area (Å²) in [4.78, 5) is 23.4. The van der Waals surface area contributed by atoms with Gasteiger partial charge in [-0.05, 0) is 36.4 Å². The number of hydrogen-bond acceptors (Lipinski definition) is 4. The maximum Gasteiger partial charge on any atom is 0.314 e. The number of nitrogens with one attached hydrogen (secondary N) is 2. The van der Waals surface area contributed by atoms with E-state index in [0.717, 1.165) is 0 Å². The summed E-state index contributed by atoms with van der Waals surface area (Å²) in [6, 6.07) is 14.1. The molecule has 0 aliphatic carbocycles. The van der Waals surface area contributed by atoms with Crippen molar-refractivity contribution in [2.75, 3.05) is 10.6 Å². The molecule has 0 spiro atoms. The monoisotopic (exact) mass is 281 g/mol. The third-order valence-electron chi connectivity index (χ3n) is 2.63. The van der Waals surface area contributed by atoms with Crippen LogP contribution in [0.2, 0.25) is 0 Å². The van der Waals surface area contributed by atoms with Crippen molar-refractivity contribution in [2.45, 2.75) is 0 Å². The Morgan fingerprint density at radius 3 is 2.19 bits per heavy atom. The van der Waals surface area contributed by atoms with Crippen LogP contribution in [0.1, 0.15) is 5.56 Å². The average molecular weight is 281 g/mol. The Balaban J connectivity index is 2.01. The molecule has 2 aromatic rings. The molecule has 0 aliphatic heterocycles. The molecule has 0 bridgehead atoms. The summed E-state index contributed by atoms with van der Waals surface area (Å²) in [5.41, 5.74) is 0.996. The van der Waals surface area contributed by atoms with Gasteiger partial charge < -0.3 is 15.7 Å². The molecule has 21 heavy (non-hydrogen) atoms. The summed E-state index contributed by atoms with van der Waals surface area (Å²) in [6.07, 6.45) is 0. The van der Waals surface area contributed by atoms with E-state index in [1.54, 1.807) is 12.1 Å². The third-order valence-corrected chi connectivity index (χ3v) is 2.63. The van der Waals surface area contributed by atoms with Crippen molar-refractivity contribution in [3.8, 4) is 11.8 Å². The zero-order valence-electron chi connectivity index (χ0n) is 10.8. The SMILES string of the molecule is N#Cc1ccc(NC(=O)C(=O)Nc2ccccc2O)cc1. The van der Waals surface area contributed by atoms with Crippen LogP contribution in [-0.4, -0.2) is 16.9 Å². The number of anilines is 2. The summed E-state index contributed by atoms with van der Waals surface area (Å²) in [6.45, 7) is 0. The van der Waals surface area contributed by atoms with Crippen LogP contribution in [-0.2, 0) is 9.59 Å². The van der Waals surface area contributed by atoms with Gasteiger partial charge in [0.1, 0.15) is 5.75 Å². The molecule has 0 atom stereocenters. The Kier molecular flexibility index (Phi) is 4.17. The second kappa shape index (κ2) is 6.21. The molecule has 0 aliphatic rings. The number of carbonyl (C=O) groups excluding carboxylic acids is 2. The van der Waals surface area contributed by atoms with E-state index in [2.05, 4.69) is 10.6 Å². The lowest BCUT2D eigenvalue weighted by Gasteiger charge is -2.07. The summed E-state index contributed by atoms with van der Waals surface area (Å²) in [7, 11) is 0. The lowest BCUT2D eigenvalue weighted by molar-refractivity contribution is -0.133. The Hall–Kier alpha value is -3.33. The molecule has 0 unspecified atom stereocenters. The van der Waals surface area contributed by atoms with Crippen molar-refractivity contribution in [2.24, 2.45) is 0 Å². The normalized spacial score (nSPS) is 9.48. The zero-order chi connectivity index (χ0) is 15.2. The van der Waals surface area contributed by atoms with Crippen molar-refractivity contribution in [3.63, 3.8) is 0 Å². The number of hydrogen-bond donors (Lipinski definition) is 3. The van der Waals surface area contributed by atoms with Gasteiger partial charge in [-0.25, -0.2) is 0 Å². The molecule has 2 rings (SSSR count). The van der Waals surface area contributed by atoms with Gasteiger partial charge >= 0.3 is 11.8 Å². The topological polar surface area (TPSA) is 102 Å². The lowest BCUT2D eigenvalue weighted by atomic mass is 10.2. The molecule has 6 nitrogen and oxygen atoms in total. The third kappa shape index (κ3) is 3.58. The molecule has 0 heterocycles. The van der Waals surface area contributed by atoms with Crippen molar-refractivity contribution in [3.05, 3.63) is 54.1 Å². The highest BCUT2D eigenvalue weighted by Gasteiger charge is 2.15. The minimum atomic E-state index is -0.902. The van der Waals surface area contributed by atoms with Crippen LogP contribution < -0.4 is 10.6 Å². The molecule has 6 heteroatoms. The lowest BCUT2D eigenvalue weighted by Crippen LogP contribution is -2.29. The first-order chi connectivity index (χ1) is 10.1. The zero-order valence-corrected chi connectivity index (χ0v) is 10.8. The van der Waals surface area contributed by atoms with Crippen LogP contribution in [0, 0.1) is 11.3 Å². The van der Waals surface area contributed by atoms with E-state index in [1.165, 1.54) is 36.4 Å². The predicted molar refractivity (Wildman–Crippen MR) is 76.5 cm³/mol. The minimum absolute atomic E-state index is 0.128. The maximum absolute atomic E-state index is 11.7. The number of nitrogens with zero attached hydrogens (tertiary/aromatic N) is 1. The van der Waals surface area contributed by atoms with Crippen LogP contribution in [0.25, 0.3) is 0 Å². The first-order valence-electron chi connectivity index (χ1n) is 6.00. The number of aromatic hydroxyl groups is 1. The van der Waals surface area contributed by atoms with E-state index >= 15 is 0 Å². The number of nitriles is 1. The molecule has 104 valence electrons. The Morgan fingerprint density at radius 1 is 0.952 bits per heavy atom. The number of para-hydroxylation sites is 2. The molecular weight excluding hydrogens is 270 g/mol. The maximum atomic E-state index is 11.7. The fraction of sp³-hybridized carbons (Fsp3) is 0. The number of rotatable bonds is 2. The minimum Gasteiger partial charge on any atom is -0.506 e. The first-order valence-corrected chi connectivity index (χ1v) is 6.00. The van der Waals surface area contributed by atoms with E-state index in [1.807, 2.05) is 6.07 Å². The second-order valence-electron chi connectivity index (χ2n) is 4.11. The summed E-state index contributed by atoms with van der Waals surface area (Å²) in [5.74, 6) is -1.90. The molecule has 0 saturated heterocycles. The van der Waals surface area contributed by atoms with Crippen molar-refractivity contribution < 1.29 is 14.7 Å². The Morgan fingerprint density at radius 2 is 1.57 bits per heavy atom. The molecule has 2 aromatic carbocycles. The van der Waals surface area contributed by atoms with E-state index in [0.29, 0.717) is 11.3 Å². The summed E-state index contributed by atoms with van der Waals surface area (Å²) in [5, 5.41) is 22.9. The number of carbonyl (C=O) groups is 2. The standard InChI is InChI=1S/C15H11N3O3/c16-9-10-5-7-11(8-6-10)17-14(20)15(21)18-12-3-1-2-4-13(12)19/h1-8,19H,(H,17,20)(H,18,21). The van der Waals surface area contributed by atoms with E-state index < -0.39 is 11.8 Å². The van der Waals surface area contributed by atoms with Crippen LogP contribution in [0.4, 0.5) is 11.4 Å². The Labute approximate surface area is 120 Å². The molecular formula is C15H11N3O3. The smallest absolute Gasteiger partial charge is 0.314 e. The first kappa shape index (κ1) is 14.1. The molecule has 3 N–H and O–H groups in total. The fourth-order valence-corrected chi connectivity index (χ4v) is 1.57. The molecule has 0 aromatic heterocycles. The Bertz CT molecular complexity index is 718. The molecule has 2 amide bonds. The van der Waals surface area contributed by atoms with Gasteiger partial charge in [-0.15, -0.1) is 0 Å². The van der Waals surface area contributed by atoms with Gasteiger partial charge in [0, 0.05) is 5.69 Å². The number of phenolic OH excluding ortho intramolecular Hbond substituents is 1. The predicted octanol–water partition coefficient (Wildman–Crippen LogP) is 1.84. The fourth-order valence-electron chi connectivity index (χ4n) is 1.57. The molecule has 0 radical (unpaired) electrons. The number of benzene rings is 2. The largest absolute Gasteiger partial charge is 0.506 e. The van der Waals surface area contributed by atoms with Gasteiger partial charge in [-0.1, -0.05) is 12.1 Å². The van der Waals surface area contributed by atoms with Crippen LogP contribution in [0.5, 0.6) is 5.75 Å². The highest BCUT2D eigenvalue weighted by Crippen LogP contribution is 2.21. The van der Waals surface area contributed by atoms with E-state index in [4.69, 9.17) is 5.26 Å². The average Bonchev–Trinajstić information content (AvgIpc) is 2.50. The van der Waals surface area contributed by atoms with E-state index in [-0.39, 0.29) is 11.4 Å². The van der Waals surface area contributed by atoms with Crippen molar-refractivity contribution in [1.29, 1.82) is 5.26 Å². The van der Waals surface area contributed by atoms with Crippen molar-refractivity contribution >= 4 is 23.2 Å². The van der Waals surface area contributed by atoms with Crippen molar-refractivity contribution in [1.82, 2.24) is 0 Å².